The molecular weight excluding hydrogens is 497 g/mol. The minimum Gasteiger partial charge on any atom is -0.459 e. The van der Waals surface area contributed by atoms with Crippen LogP contribution in [-0.2, 0) is 4.79 Å². The number of furan rings is 1. The van der Waals surface area contributed by atoms with Crippen molar-refractivity contribution in [2.75, 3.05) is 45.8 Å². The molecule has 2 aliphatic rings. The topological polar surface area (TPSA) is 90.2 Å². The smallest absolute Gasteiger partial charge is 0.289 e. The third-order valence-electron chi connectivity index (χ3n) is 5.58. The van der Waals surface area contributed by atoms with Crippen LogP contribution in [0, 0.1) is 5.92 Å². The molecule has 1 saturated heterocycles. The summed E-state index contributed by atoms with van der Waals surface area (Å²) < 4.78 is 5.21. The monoisotopic (exact) mass is 531 g/mol. The Morgan fingerprint density at radius 3 is 2.47 bits per heavy atom. The van der Waals surface area contributed by atoms with Crippen LogP contribution < -0.4 is 10.6 Å². The number of hydrogen-bond acceptors (Lipinski definition) is 4. The van der Waals surface area contributed by atoms with Crippen molar-refractivity contribution < 1.29 is 14.0 Å². The summed E-state index contributed by atoms with van der Waals surface area (Å²) in [5, 5.41) is 6.30. The maximum absolute atomic E-state index is 12.4. The number of guanidine groups is 1. The number of hydrogen-bond donors (Lipinski definition) is 2. The number of carbonyl (C=O) groups excluding carboxylic acids is 2. The van der Waals surface area contributed by atoms with E-state index in [2.05, 4.69) is 20.5 Å². The number of aliphatic imine (C=N–C) groups is 1. The number of rotatable bonds is 7. The quantitative estimate of drug-likeness (QED) is 0.244. The summed E-state index contributed by atoms with van der Waals surface area (Å²) in [6.07, 6.45) is 7.06. The van der Waals surface area contributed by atoms with E-state index in [1.54, 1.807) is 12.1 Å². The highest BCUT2D eigenvalue weighted by atomic mass is 127. The van der Waals surface area contributed by atoms with Gasteiger partial charge in [-0.25, -0.2) is 0 Å². The fourth-order valence-corrected chi connectivity index (χ4v) is 4.01. The molecule has 2 N–H and O–H groups in total. The minimum atomic E-state index is -0.0680. The number of nitrogens with zero attached hydrogens (tertiary/aromatic N) is 3. The second kappa shape index (κ2) is 12.8. The van der Waals surface area contributed by atoms with E-state index in [1.807, 2.05) is 11.8 Å². The van der Waals surface area contributed by atoms with Gasteiger partial charge in [0.15, 0.2) is 11.7 Å². The van der Waals surface area contributed by atoms with Gasteiger partial charge < -0.3 is 24.9 Å². The molecule has 0 bridgehead atoms. The van der Waals surface area contributed by atoms with Crippen molar-refractivity contribution in [2.45, 2.75) is 39.0 Å². The van der Waals surface area contributed by atoms with Gasteiger partial charge in [0.25, 0.3) is 5.91 Å². The number of halogens is 1. The van der Waals surface area contributed by atoms with E-state index in [9.17, 15) is 9.59 Å². The molecule has 0 atom stereocenters. The number of nitrogens with one attached hydrogen (secondary N) is 2. The first-order valence-electron chi connectivity index (χ1n) is 10.8. The Kier molecular flexibility index (Phi) is 10.5. The highest BCUT2D eigenvalue weighted by molar-refractivity contribution is 14.0. The number of piperazine rings is 1. The molecule has 1 aliphatic carbocycles. The van der Waals surface area contributed by atoms with E-state index >= 15 is 0 Å². The third kappa shape index (κ3) is 7.17. The van der Waals surface area contributed by atoms with Gasteiger partial charge in [0.2, 0.25) is 5.91 Å². The summed E-state index contributed by atoms with van der Waals surface area (Å²) in [6, 6.07) is 3.42. The van der Waals surface area contributed by atoms with Crippen molar-refractivity contribution in [1.29, 1.82) is 0 Å². The summed E-state index contributed by atoms with van der Waals surface area (Å²) in [5.74, 6) is 1.86. The van der Waals surface area contributed by atoms with Crippen molar-refractivity contribution in [3.8, 4) is 0 Å². The van der Waals surface area contributed by atoms with Gasteiger partial charge in [-0.2, -0.15) is 0 Å². The van der Waals surface area contributed by atoms with Gasteiger partial charge in [0.05, 0.1) is 12.8 Å². The van der Waals surface area contributed by atoms with Crippen molar-refractivity contribution in [3.63, 3.8) is 0 Å². The van der Waals surface area contributed by atoms with Crippen molar-refractivity contribution in [1.82, 2.24) is 20.4 Å². The van der Waals surface area contributed by atoms with Gasteiger partial charge >= 0.3 is 0 Å². The predicted octanol–water partition coefficient (Wildman–Crippen LogP) is 2.32. The Bertz CT molecular complexity index is 681. The van der Waals surface area contributed by atoms with Crippen LogP contribution in [0.25, 0.3) is 0 Å². The van der Waals surface area contributed by atoms with Crippen LogP contribution in [0.1, 0.15) is 49.6 Å². The lowest BCUT2D eigenvalue weighted by atomic mass is 10.0. The summed E-state index contributed by atoms with van der Waals surface area (Å²) >= 11 is 0. The molecule has 2 fully saturated rings. The zero-order valence-electron chi connectivity index (χ0n) is 17.8. The first-order valence-corrected chi connectivity index (χ1v) is 10.8. The predicted molar refractivity (Wildman–Crippen MR) is 127 cm³/mol. The largest absolute Gasteiger partial charge is 0.459 e. The van der Waals surface area contributed by atoms with Crippen LogP contribution in [0.3, 0.4) is 0 Å². The highest BCUT2D eigenvalue weighted by Gasteiger charge is 2.25. The van der Waals surface area contributed by atoms with E-state index < -0.39 is 0 Å². The Balaban J connectivity index is 0.00000320. The molecule has 9 heteroatoms. The minimum absolute atomic E-state index is 0. The lowest BCUT2D eigenvalue weighted by Gasteiger charge is -2.36. The van der Waals surface area contributed by atoms with E-state index in [4.69, 9.17) is 4.42 Å². The number of carbonyl (C=O) groups is 2. The molecule has 1 aromatic heterocycles. The normalized spacial score (nSPS) is 17.6. The maximum Gasteiger partial charge on any atom is 0.289 e. The van der Waals surface area contributed by atoms with Crippen molar-refractivity contribution in [2.24, 2.45) is 10.9 Å². The molecule has 0 spiro atoms. The zero-order chi connectivity index (χ0) is 20.5. The summed E-state index contributed by atoms with van der Waals surface area (Å²) in [6.45, 7) is 6.60. The Morgan fingerprint density at radius 2 is 1.83 bits per heavy atom. The molecule has 2 heterocycles. The lowest BCUT2D eigenvalue weighted by Crippen LogP contribution is -2.53. The van der Waals surface area contributed by atoms with E-state index in [1.165, 1.54) is 31.9 Å². The Labute approximate surface area is 195 Å². The van der Waals surface area contributed by atoms with E-state index in [0.717, 1.165) is 12.5 Å². The second-order valence-electron chi connectivity index (χ2n) is 7.70. The summed E-state index contributed by atoms with van der Waals surface area (Å²) in [4.78, 5) is 33.1. The molecule has 168 valence electrons. The highest BCUT2D eigenvalue weighted by Crippen LogP contribution is 2.27. The van der Waals surface area contributed by atoms with Gasteiger partial charge in [0.1, 0.15) is 0 Å². The number of amides is 2. The third-order valence-corrected chi connectivity index (χ3v) is 5.58. The SMILES string of the molecule is CCNC(=NCCNC(=O)CC1CCCC1)N1CCN(C(=O)c2ccco2)CC1.I. The van der Waals surface area contributed by atoms with Gasteiger partial charge in [-0.05, 0) is 37.8 Å². The standard InChI is InChI=1S/C21H33N5O3.HI/c1-2-22-21(24-10-9-23-19(27)16-17-6-3-4-7-17)26-13-11-25(12-14-26)20(28)18-8-5-15-29-18;/h5,8,15,17H,2-4,6-7,9-14,16H2,1H3,(H,22,24)(H,23,27);1H. The molecule has 8 nitrogen and oxygen atoms in total. The summed E-state index contributed by atoms with van der Waals surface area (Å²) in [7, 11) is 0. The zero-order valence-corrected chi connectivity index (χ0v) is 20.1. The molecule has 1 aromatic rings. The molecule has 0 radical (unpaired) electrons. The molecule has 1 saturated carbocycles. The molecule has 0 aromatic carbocycles. The lowest BCUT2D eigenvalue weighted by molar-refractivity contribution is -0.121. The fraction of sp³-hybridized carbons (Fsp3) is 0.667. The van der Waals surface area contributed by atoms with Gasteiger partial charge in [-0.15, -0.1) is 24.0 Å². The first kappa shape index (κ1) is 24.5. The molecule has 3 rings (SSSR count). The van der Waals surface area contributed by atoms with Gasteiger partial charge in [0, 0.05) is 45.7 Å². The van der Waals surface area contributed by atoms with E-state index in [0.29, 0.717) is 57.4 Å². The van der Waals surface area contributed by atoms with Gasteiger partial charge in [-0.3, -0.25) is 14.6 Å². The van der Waals surface area contributed by atoms with Crippen LogP contribution in [0.4, 0.5) is 0 Å². The van der Waals surface area contributed by atoms with Crippen molar-refractivity contribution >= 4 is 41.8 Å². The van der Waals surface area contributed by atoms with E-state index in [-0.39, 0.29) is 35.8 Å². The second-order valence-corrected chi connectivity index (χ2v) is 7.70. The molecule has 30 heavy (non-hydrogen) atoms. The van der Waals surface area contributed by atoms with Crippen LogP contribution in [0.2, 0.25) is 0 Å². The van der Waals surface area contributed by atoms with Crippen molar-refractivity contribution in [3.05, 3.63) is 24.2 Å². The Hall–Kier alpha value is -1.78. The van der Waals surface area contributed by atoms with Crippen LogP contribution in [0.15, 0.2) is 27.8 Å². The maximum atomic E-state index is 12.4. The van der Waals surface area contributed by atoms with Gasteiger partial charge in [-0.1, -0.05) is 12.8 Å². The first-order chi connectivity index (χ1) is 14.2. The molecular formula is C21H34IN5O3. The average Bonchev–Trinajstić information content (AvgIpc) is 3.44. The van der Waals surface area contributed by atoms with Crippen LogP contribution in [-0.4, -0.2) is 73.4 Å². The molecule has 1 aliphatic heterocycles. The van der Waals surface area contributed by atoms with Crippen LogP contribution >= 0.6 is 24.0 Å². The summed E-state index contributed by atoms with van der Waals surface area (Å²) in [5.41, 5.74) is 0. The molecule has 0 unspecified atom stereocenters. The Morgan fingerprint density at radius 1 is 1.13 bits per heavy atom. The average molecular weight is 531 g/mol. The fourth-order valence-electron chi connectivity index (χ4n) is 4.01. The van der Waals surface area contributed by atoms with Crippen LogP contribution in [0.5, 0.6) is 0 Å². The molecule has 2 amide bonds.